The van der Waals surface area contributed by atoms with E-state index in [4.69, 9.17) is 4.99 Å². The highest BCUT2D eigenvalue weighted by molar-refractivity contribution is 7.85. The molecule has 2 aliphatic heterocycles. The molecule has 10 rings (SSSR count). The third-order valence-corrected chi connectivity index (χ3v) is 12.9. The van der Waals surface area contributed by atoms with E-state index in [1.165, 1.54) is 0 Å². The molecule has 7 aromatic carbocycles. The number of nitrogens with zero attached hydrogens (tertiary/aromatic N) is 3. The van der Waals surface area contributed by atoms with E-state index in [0.717, 1.165) is 77.1 Å². The molecule has 228 valence electrons. The van der Waals surface area contributed by atoms with Gasteiger partial charge in [-0.05, 0) is 35.7 Å². The van der Waals surface area contributed by atoms with Gasteiger partial charge >= 0.3 is 0 Å². The second-order valence-electron chi connectivity index (χ2n) is 12.4. The van der Waals surface area contributed by atoms with Crippen molar-refractivity contribution in [2.75, 3.05) is 10.2 Å². The Kier molecular flexibility index (Phi) is 5.84. The predicted molar refractivity (Wildman–Crippen MR) is 201 cm³/mol. The summed E-state index contributed by atoms with van der Waals surface area (Å²) < 4.78 is 18.2. The van der Waals surface area contributed by atoms with Gasteiger partial charge in [0.15, 0.2) is 7.14 Å². The number of benzene rings is 7. The molecule has 0 fully saturated rings. The summed E-state index contributed by atoms with van der Waals surface area (Å²) in [5.41, 5.74) is 6.33. The minimum atomic E-state index is -3.29. The van der Waals surface area contributed by atoms with Crippen LogP contribution in [0.5, 0.6) is 0 Å². The molecule has 0 saturated carbocycles. The number of anilines is 2. The summed E-state index contributed by atoms with van der Waals surface area (Å²) >= 11 is 0. The van der Waals surface area contributed by atoms with Crippen molar-refractivity contribution in [1.29, 1.82) is 0 Å². The fourth-order valence-electron chi connectivity index (χ4n) is 7.71. The molecule has 1 aromatic heterocycles. The van der Waals surface area contributed by atoms with Crippen LogP contribution in [0.2, 0.25) is 0 Å². The molecule has 0 spiro atoms. The van der Waals surface area contributed by atoms with Crippen LogP contribution in [-0.4, -0.2) is 10.5 Å². The lowest BCUT2D eigenvalue weighted by atomic mass is 10.1. The monoisotopic (exact) mass is 636 g/mol. The first-order valence-corrected chi connectivity index (χ1v) is 17.9. The van der Waals surface area contributed by atoms with Crippen LogP contribution >= 0.6 is 7.14 Å². The highest BCUT2D eigenvalue weighted by Crippen LogP contribution is 2.50. The van der Waals surface area contributed by atoms with Crippen LogP contribution < -0.4 is 26.1 Å². The van der Waals surface area contributed by atoms with Crippen LogP contribution in [0.1, 0.15) is 11.7 Å². The first kappa shape index (κ1) is 27.2. The molecule has 0 bridgehead atoms. The largest absolute Gasteiger partial charge is 0.359 e. The molecule has 8 aromatic rings. The van der Waals surface area contributed by atoms with Gasteiger partial charge in [0.05, 0.1) is 28.1 Å². The van der Waals surface area contributed by atoms with Crippen LogP contribution in [0.4, 0.5) is 17.1 Å². The molecule has 0 saturated heterocycles. The van der Waals surface area contributed by atoms with Gasteiger partial charge in [0.25, 0.3) is 0 Å². The van der Waals surface area contributed by atoms with Gasteiger partial charge in [-0.2, -0.15) is 0 Å². The molecule has 5 nitrogen and oxygen atoms in total. The highest BCUT2D eigenvalue weighted by Gasteiger charge is 2.40. The summed E-state index contributed by atoms with van der Waals surface area (Å²) in [7, 11) is -3.29. The van der Waals surface area contributed by atoms with Crippen LogP contribution in [0.3, 0.4) is 0 Å². The van der Waals surface area contributed by atoms with E-state index in [1.807, 2.05) is 60.7 Å². The first-order valence-electron chi connectivity index (χ1n) is 16.2. The molecular formula is C42H29N4OP. The van der Waals surface area contributed by atoms with Crippen molar-refractivity contribution in [2.45, 2.75) is 6.17 Å². The zero-order chi connectivity index (χ0) is 31.8. The number of nitrogens with one attached hydrogen (secondary N) is 1. The first-order chi connectivity index (χ1) is 23.7. The maximum absolute atomic E-state index is 15.9. The fraction of sp³-hybridized carbons (Fsp3) is 0.0238. The van der Waals surface area contributed by atoms with Gasteiger partial charge in [-0.3, -0.25) is 9.47 Å². The molecule has 1 atom stereocenters. The summed E-state index contributed by atoms with van der Waals surface area (Å²) in [6.45, 7) is 0. The maximum atomic E-state index is 15.9. The summed E-state index contributed by atoms with van der Waals surface area (Å²) in [6, 6.07) is 55.9. The Balaban J connectivity index is 1.35. The smallest absolute Gasteiger partial charge is 0.217 e. The minimum absolute atomic E-state index is 0.107. The number of hydrogen-bond donors (Lipinski definition) is 1. The number of rotatable bonds is 3. The SMILES string of the molecule is O=P(c1ccccc1)(c1ccccc1)c1cc2c3ccccc3n(C3=Nc4ccccc4C4Nc5ccccc5N34)c2c2ccccc12. The van der Waals surface area contributed by atoms with Crippen molar-refractivity contribution in [1.82, 2.24) is 4.57 Å². The van der Waals surface area contributed by atoms with Crippen LogP contribution in [-0.2, 0) is 4.57 Å². The third kappa shape index (κ3) is 3.74. The Labute approximate surface area is 277 Å². The van der Waals surface area contributed by atoms with Crippen LogP contribution in [0.25, 0.3) is 32.6 Å². The van der Waals surface area contributed by atoms with E-state index >= 15 is 4.57 Å². The van der Waals surface area contributed by atoms with Crippen molar-refractivity contribution in [3.63, 3.8) is 0 Å². The lowest BCUT2D eigenvalue weighted by Gasteiger charge is -2.33. The van der Waals surface area contributed by atoms with Crippen LogP contribution in [0, 0.1) is 0 Å². The maximum Gasteiger partial charge on any atom is 0.217 e. The number of fused-ring (bicyclic) bond motifs is 10. The van der Waals surface area contributed by atoms with Crippen molar-refractivity contribution in [3.05, 3.63) is 169 Å². The summed E-state index contributed by atoms with van der Waals surface area (Å²) in [5.74, 6) is 0.828. The molecular weight excluding hydrogens is 607 g/mol. The van der Waals surface area contributed by atoms with Gasteiger partial charge in [0, 0.05) is 37.6 Å². The number of aliphatic imine (C=N–C) groups is 1. The van der Waals surface area contributed by atoms with Gasteiger partial charge in [-0.15, -0.1) is 0 Å². The Morgan fingerprint density at radius 1 is 0.583 bits per heavy atom. The molecule has 3 heterocycles. The normalized spacial score (nSPS) is 15.2. The summed E-state index contributed by atoms with van der Waals surface area (Å²) in [6.07, 6.45) is -0.107. The number of hydrogen-bond acceptors (Lipinski definition) is 4. The van der Waals surface area contributed by atoms with Gasteiger partial charge in [-0.1, -0.05) is 133 Å². The molecule has 1 N–H and O–H groups in total. The minimum Gasteiger partial charge on any atom is -0.359 e. The Hall–Kier alpha value is -5.90. The quantitative estimate of drug-likeness (QED) is 0.197. The topological polar surface area (TPSA) is 49.6 Å². The highest BCUT2D eigenvalue weighted by atomic mass is 31.2. The lowest BCUT2D eigenvalue weighted by Crippen LogP contribution is -2.40. The van der Waals surface area contributed by atoms with E-state index in [0.29, 0.717) is 0 Å². The van der Waals surface area contributed by atoms with E-state index < -0.39 is 7.14 Å². The van der Waals surface area contributed by atoms with Crippen molar-refractivity contribution < 1.29 is 4.57 Å². The Morgan fingerprint density at radius 2 is 1.19 bits per heavy atom. The lowest BCUT2D eigenvalue weighted by molar-refractivity contribution is 0.592. The van der Waals surface area contributed by atoms with Gasteiger partial charge in [0.2, 0.25) is 5.96 Å². The van der Waals surface area contributed by atoms with Gasteiger partial charge in [0.1, 0.15) is 6.17 Å². The summed E-state index contributed by atoms with van der Waals surface area (Å²) in [4.78, 5) is 7.74. The van der Waals surface area contributed by atoms with E-state index in [2.05, 4.69) is 118 Å². The zero-order valence-electron chi connectivity index (χ0n) is 25.9. The zero-order valence-corrected chi connectivity index (χ0v) is 26.8. The predicted octanol–water partition coefficient (Wildman–Crippen LogP) is 9.07. The molecule has 48 heavy (non-hydrogen) atoms. The van der Waals surface area contributed by atoms with Gasteiger partial charge < -0.3 is 9.88 Å². The van der Waals surface area contributed by atoms with Crippen LogP contribution in [0.15, 0.2) is 169 Å². The van der Waals surface area contributed by atoms with Crippen molar-refractivity contribution in [2.24, 2.45) is 4.99 Å². The van der Waals surface area contributed by atoms with Gasteiger partial charge in [-0.25, -0.2) is 4.99 Å². The van der Waals surface area contributed by atoms with E-state index in [9.17, 15) is 0 Å². The second kappa shape index (κ2) is 10.3. The fourth-order valence-corrected chi connectivity index (χ4v) is 10.6. The average molecular weight is 637 g/mol. The molecule has 6 heteroatoms. The number of aromatic nitrogens is 1. The molecule has 1 unspecified atom stereocenters. The van der Waals surface area contributed by atoms with E-state index in [1.54, 1.807) is 0 Å². The number of para-hydroxylation sites is 4. The van der Waals surface area contributed by atoms with E-state index in [-0.39, 0.29) is 6.17 Å². The Morgan fingerprint density at radius 3 is 1.96 bits per heavy atom. The Bertz CT molecular complexity index is 2600. The van der Waals surface area contributed by atoms with Crippen molar-refractivity contribution in [3.8, 4) is 0 Å². The molecule has 2 aliphatic rings. The molecule has 0 radical (unpaired) electrons. The summed E-state index contributed by atoms with van der Waals surface area (Å²) in [5, 5.41) is 10.4. The standard InChI is InChI=1S/C42H29N4OP/c47-48(28-15-3-1-4-16-28,29-17-5-2-6-18-29)39-27-34-30-19-10-13-25-37(30)45(40(34)32-21-8-7-20-31(32)39)42-44-35-23-11-9-22-33(35)41-43-36-24-12-14-26-38(36)46(41)42/h1-27,41,43H. The molecule has 0 aliphatic carbocycles. The average Bonchev–Trinajstić information content (AvgIpc) is 3.72. The molecule has 0 amide bonds. The van der Waals surface area contributed by atoms with Crippen molar-refractivity contribution >= 4 is 78.7 Å². The second-order valence-corrected chi connectivity index (χ2v) is 15.1. The third-order valence-electron chi connectivity index (χ3n) is 9.81.